The van der Waals surface area contributed by atoms with Gasteiger partial charge in [0.2, 0.25) is 0 Å². The van der Waals surface area contributed by atoms with Gasteiger partial charge in [0.15, 0.2) is 0 Å². The number of likely N-dealkylation sites (N-methyl/N-ethyl adjacent to an activating group) is 1. The second-order valence-corrected chi connectivity index (χ2v) is 3.57. The molecule has 80 valence electrons. The third-order valence-corrected chi connectivity index (χ3v) is 2.17. The van der Waals surface area contributed by atoms with E-state index in [0.717, 1.165) is 32.1 Å². The first kappa shape index (κ1) is 13.2. The molecule has 0 aliphatic rings. The number of hydrogen-bond donors (Lipinski definition) is 1. The van der Waals surface area contributed by atoms with E-state index >= 15 is 0 Å². The van der Waals surface area contributed by atoms with E-state index in [1.165, 1.54) is 0 Å². The lowest BCUT2D eigenvalue weighted by atomic mass is 10.3. The minimum Gasteiger partial charge on any atom is -0.383 e. The summed E-state index contributed by atoms with van der Waals surface area (Å²) in [5, 5.41) is 0. The summed E-state index contributed by atoms with van der Waals surface area (Å²) >= 11 is 4.06. The van der Waals surface area contributed by atoms with Gasteiger partial charge in [-0.25, -0.2) is 0 Å². The van der Waals surface area contributed by atoms with Gasteiger partial charge in [-0.1, -0.05) is 0 Å². The Bertz CT molecular complexity index is 114. The summed E-state index contributed by atoms with van der Waals surface area (Å²) in [5.41, 5.74) is 0. The lowest BCUT2D eigenvalue weighted by Crippen LogP contribution is -2.35. The Morgan fingerprint density at radius 1 is 1.38 bits per heavy atom. The molecule has 0 aliphatic heterocycles. The van der Waals surface area contributed by atoms with Crippen molar-refractivity contribution in [2.45, 2.75) is 13.0 Å². The highest BCUT2D eigenvalue weighted by atomic mass is 32.1. The lowest BCUT2D eigenvalue weighted by Gasteiger charge is -2.23. The van der Waals surface area contributed by atoms with Crippen molar-refractivity contribution in [3.8, 4) is 0 Å². The van der Waals surface area contributed by atoms with Crippen LogP contribution in [0.4, 0.5) is 0 Å². The first-order valence-corrected chi connectivity index (χ1v) is 5.23. The zero-order valence-electron chi connectivity index (χ0n) is 8.82. The van der Waals surface area contributed by atoms with E-state index in [1.54, 1.807) is 7.11 Å². The van der Waals surface area contributed by atoms with Gasteiger partial charge < -0.3 is 9.47 Å². The predicted octanol–water partition coefficient (Wildman–Crippen LogP) is 0.900. The molecule has 13 heavy (non-hydrogen) atoms. The van der Waals surface area contributed by atoms with Crippen molar-refractivity contribution in [1.82, 2.24) is 4.90 Å². The molecule has 0 rings (SSSR count). The maximum Gasteiger partial charge on any atom is 0.0615 e. The van der Waals surface area contributed by atoms with E-state index in [9.17, 15) is 0 Å². The van der Waals surface area contributed by atoms with Crippen molar-refractivity contribution in [3.05, 3.63) is 0 Å². The average molecular weight is 207 g/mol. The van der Waals surface area contributed by atoms with Gasteiger partial charge in [0, 0.05) is 25.4 Å². The number of thiol groups is 1. The van der Waals surface area contributed by atoms with Gasteiger partial charge in [0.25, 0.3) is 0 Å². The molecule has 0 heterocycles. The number of methoxy groups -OCH3 is 1. The summed E-state index contributed by atoms with van der Waals surface area (Å²) in [6, 6.07) is 0.449. The highest BCUT2D eigenvalue weighted by molar-refractivity contribution is 7.80. The van der Waals surface area contributed by atoms with Gasteiger partial charge >= 0.3 is 0 Å². The Hall–Kier alpha value is 0.230. The van der Waals surface area contributed by atoms with Gasteiger partial charge in [-0.3, -0.25) is 4.90 Å². The second kappa shape index (κ2) is 8.81. The van der Waals surface area contributed by atoms with E-state index in [4.69, 9.17) is 9.47 Å². The number of rotatable bonds is 8. The summed E-state index contributed by atoms with van der Waals surface area (Å²) in [7, 11) is 3.80. The molecular weight excluding hydrogens is 186 g/mol. The number of ether oxygens (including phenoxy) is 2. The lowest BCUT2D eigenvalue weighted by molar-refractivity contribution is 0.0793. The Kier molecular flexibility index (Phi) is 8.97. The maximum atomic E-state index is 5.32. The van der Waals surface area contributed by atoms with E-state index in [1.807, 2.05) is 0 Å². The molecule has 0 aromatic heterocycles. The molecule has 0 saturated carbocycles. The van der Waals surface area contributed by atoms with Crippen LogP contribution in [0.3, 0.4) is 0 Å². The van der Waals surface area contributed by atoms with Gasteiger partial charge in [0.1, 0.15) is 0 Å². The fourth-order valence-corrected chi connectivity index (χ4v) is 1.09. The molecule has 0 aromatic carbocycles. The van der Waals surface area contributed by atoms with Crippen LogP contribution in [-0.4, -0.2) is 57.2 Å². The molecule has 0 saturated heterocycles. The van der Waals surface area contributed by atoms with E-state index < -0.39 is 0 Å². The molecule has 0 radical (unpaired) electrons. The minimum absolute atomic E-state index is 0.449. The largest absolute Gasteiger partial charge is 0.383 e. The molecule has 0 aromatic rings. The van der Waals surface area contributed by atoms with Crippen LogP contribution in [0.2, 0.25) is 0 Å². The van der Waals surface area contributed by atoms with Crippen molar-refractivity contribution in [1.29, 1.82) is 0 Å². The van der Waals surface area contributed by atoms with Gasteiger partial charge in [-0.15, -0.1) is 0 Å². The van der Waals surface area contributed by atoms with Crippen LogP contribution in [0.5, 0.6) is 0 Å². The number of nitrogens with zero attached hydrogens (tertiary/aromatic N) is 1. The van der Waals surface area contributed by atoms with Crippen molar-refractivity contribution < 1.29 is 9.47 Å². The molecule has 4 heteroatoms. The van der Waals surface area contributed by atoms with Crippen molar-refractivity contribution in [2.75, 3.05) is 46.3 Å². The van der Waals surface area contributed by atoms with Gasteiger partial charge in [0.05, 0.1) is 19.8 Å². The van der Waals surface area contributed by atoms with Gasteiger partial charge in [-0.05, 0) is 14.0 Å². The molecule has 0 spiro atoms. The molecule has 0 bridgehead atoms. The summed E-state index contributed by atoms with van der Waals surface area (Å²) in [6.45, 7) is 5.35. The first-order chi connectivity index (χ1) is 6.22. The maximum absolute atomic E-state index is 5.32. The normalized spacial score (nSPS) is 13.6. The fraction of sp³-hybridized carbons (Fsp3) is 1.00. The van der Waals surface area contributed by atoms with E-state index in [0.29, 0.717) is 6.04 Å². The van der Waals surface area contributed by atoms with Crippen LogP contribution in [0.25, 0.3) is 0 Å². The quantitative estimate of drug-likeness (QED) is 0.472. The topological polar surface area (TPSA) is 21.7 Å². The van der Waals surface area contributed by atoms with Crippen molar-refractivity contribution in [3.63, 3.8) is 0 Å². The van der Waals surface area contributed by atoms with Crippen LogP contribution in [-0.2, 0) is 9.47 Å². The summed E-state index contributed by atoms with van der Waals surface area (Å²) in [4.78, 5) is 2.22. The number of hydrogen-bond acceptors (Lipinski definition) is 4. The second-order valence-electron chi connectivity index (χ2n) is 3.12. The highest BCUT2D eigenvalue weighted by Crippen LogP contribution is 1.95. The van der Waals surface area contributed by atoms with Crippen LogP contribution < -0.4 is 0 Å². The third-order valence-electron chi connectivity index (χ3n) is 1.98. The Labute approximate surface area is 86.8 Å². The zero-order valence-corrected chi connectivity index (χ0v) is 9.72. The van der Waals surface area contributed by atoms with E-state index in [-0.39, 0.29) is 0 Å². The molecule has 0 amide bonds. The third kappa shape index (κ3) is 7.31. The smallest absolute Gasteiger partial charge is 0.0615 e. The van der Waals surface area contributed by atoms with Crippen LogP contribution >= 0.6 is 12.6 Å². The molecule has 0 fully saturated rings. The molecule has 0 aliphatic carbocycles. The van der Waals surface area contributed by atoms with Crippen LogP contribution in [0.15, 0.2) is 0 Å². The fourth-order valence-electron chi connectivity index (χ4n) is 0.964. The molecular formula is C9H21NO2S. The molecule has 3 nitrogen and oxygen atoms in total. The molecule has 1 atom stereocenters. The molecule has 0 N–H and O–H groups in total. The van der Waals surface area contributed by atoms with E-state index in [2.05, 4.69) is 31.5 Å². The first-order valence-electron chi connectivity index (χ1n) is 4.60. The van der Waals surface area contributed by atoms with Gasteiger partial charge in [-0.2, -0.15) is 12.6 Å². The standard InChI is InChI=1S/C9H21NO2S/c1-9(8-11-3)10(2)4-5-12-6-7-13/h9,13H,4-8H2,1-3H3. The average Bonchev–Trinajstić information content (AvgIpc) is 2.12. The van der Waals surface area contributed by atoms with Crippen molar-refractivity contribution >= 4 is 12.6 Å². The Morgan fingerprint density at radius 2 is 2.08 bits per heavy atom. The van der Waals surface area contributed by atoms with Crippen LogP contribution in [0.1, 0.15) is 6.92 Å². The predicted molar refractivity (Wildman–Crippen MR) is 58.6 cm³/mol. The minimum atomic E-state index is 0.449. The highest BCUT2D eigenvalue weighted by Gasteiger charge is 2.07. The Morgan fingerprint density at radius 3 is 2.62 bits per heavy atom. The summed E-state index contributed by atoms with van der Waals surface area (Å²) < 4.78 is 10.4. The van der Waals surface area contributed by atoms with Crippen molar-refractivity contribution in [2.24, 2.45) is 0 Å². The Balaban J connectivity index is 3.32. The zero-order chi connectivity index (χ0) is 10.1. The summed E-state index contributed by atoms with van der Waals surface area (Å²) in [6.07, 6.45) is 0. The van der Waals surface area contributed by atoms with Crippen LogP contribution in [0, 0.1) is 0 Å². The monoisotopic (exact) mass is 207 g/mol. The molecule has 1 unspecified atom stereocenters. The summed E-state index contributed by atoms with van der Waals surface area (Å²) in [5.74, 6) is 0.789. The SMILES string of the molecule is COCC(C)N(C)CCOCCS.